The highest BCUT2D eigenvalue weighted by Gasteiger charge is 2.08. The number of fused-ring (bicyclic) bond motifs is 1. The first-order valence-electron chi connectivity index (χ1n) is 6.16. The predicted octanol–water partition coefficient (Wildman–Crippen LogP) is 1.11. The Bertz CT molecular complexity index is 595. The van der Waals surface area contributed by atoms with Crippen molar-refractivity contribution in [3.63, 3.8) is 0 Å². The summed E-state index contributed by atoms with van der Waals surface area (Å²) in [5.74, 6) is -0.174. The fourth-order valence-electron chi connectivity index (χ4n) is 1.78. The van der Waals surface area contributed by atoms with Crippen LogP contribution in [0.4, 0.5) is 5.69 Å². The normalized spacial score (nSPS) is 10.9. The summed E-state index contributed by atoms with van der Waals surface area (Å²) in [6.07, 6.45) is 0. The molecule has 0 radical (unpaired) electrons. The van der Waals surface area contributed by atoms with Crippen molar-refractivity contribution in [3.8, 4) is 0 Å². The average Bonchev–Trinajstić information content (AvgIpc) is 2.38. The van der Waals surface area contributed by atoms with Crippen molar-refractivity contribution in [1.29, 1.82) is 0 Å². The number of anilines is 1. The summed E-state index contributed by atoms with van der Waals surface area (Å²) in [5.41, 5.74) is 7.51. The van der Waals surface area contributed by atoms with E-state index in [2.05, 4.69) is 10.3 Å². The zero-order valence-corrected chi connectivity index (χ0v) is 11.2. The van der Waals surface area contributed by atoms with Crippen LogP contribution in [0.25, 0.3) is 10.9 Å². The SMILES string of the molecule is CN(C)CCNC(=O)c1ccc2cccc(N)c2n1. The van der Waals surface area contributed by atoms with Gasteiger partial charge in [-0.1, -0.05) is 18.2 Å². The van der Waals surface area contributed by atoms with Gasteiger partial charge >= 0.3 is 0 Å². The third kappa shape index (κ3) is 3.20. The molecule has 1 aromatic heterocycles. The zero-order chi connectivity index (χ0) is 13.8. The van der Waals surface area contributed by atoms with E-state index < -0.39 is 0 Å². The van der Waals surface area contributed by atoms with Crippen molar-refractivity contribution >= 4 is 22.5 Å². The van der Waals surface area contributed by atoms with E-state index in [4.69, 9.17) is 5.73 Å². The van der Waals surface area contributed by atoms with Crippen LogP contribution in [0.3, 0.4) is 0 Å². The molecule has 0 bridgehead atoms. The van der Waals surface area contributed by atoms with Crippen LogP contribution in [0.1, 0.15) is 10.5 Å². The number of rotatable bonds is 4. The summed E-state index contributed by atoms with van der Waals surface area (Å²) in [4.78, 5) is 18.3. The van der Waals surface area contributed by atoms with Gasteiger partial charge in [0.05, 0.1) is 11.2 Å². The number of likely N-dealkylation sites (N-methyl/N-ethyl adjacent to an activating group) is 1. The van der Waals surface area contributed by atoms with Gasteiger partial charge in [0.15, 0.2) is 0 Å². The fraction of sp³-hybridized carbons (Fsp3) is 0.286. The lowest BCUT2D eigenvalue weighted by Gasteiger charge is -2.10. The third-order valence-electron chi connectivity index (χ3n) is 2.83. The Kier molecular flexibility index (Phi) is 3.97. The molecule has 0 atom stereocenters. The highest BCUT2D eigenvalue weighted by molar-refractivity contribution is 5.97. The molecule has 1 aromatic carbocycles. The maximum atomic E-state index is 11.9. The van der Waals surface area contributed by atoms with Gasteiger partial charge < -0.3 is 16.0 Å². The molecule has 0 fully saturated rings. The number of nitrogen functional groups attached to an aromatic ring is 1. The Morgan fingerprint density at radius 1 is 1.32 bits per heavy atom. The number of nitrogens with one attached hydrogen (secondary N) is 1. The minimum absolute atomic E-state index is 0.174. The first-order valence-corrected chi connectivity index (χ1v) is 6.16. The molecule has 100 valence electrons. The monoisotopic (exact) mass is 258 g/mol. The van der Waals surface area contributed by atoms with Crippen LogP contribution in [0.2, 0.25) is 0 Å². The summed E-state index contributed by atoms with van der Waals surface area (Å²) in [6.45, 7) is 1.39. The Morgan fingerprint density at radius 3 is 2.84 bits per heavy atom. The van der Waals surface area contributed by atoms with Gasteiger partial charge in [-0.05, 0) is 26.2 Å². The van der Waals surface area contributed by atoms with Crippen molar-refractivity contribution in [2.75, 3.05) is 32.9 Å². The quantitative estimate of drug-likeness (QED) is 0.806. The van der Waals surface area contributed by atoms with Gasteiger partial charge in [-0.25, -0.2) is 4.98 Å². The second-order valence-electron chi connectivity index (χ2n) is 4.67. The lowest BCUT2D eigenvalue weighted by Crippen LogP contribution is -2.31. The first kappa shape index (κ1) is 13.3. The number of carbonyl (C=O) groups is 1. The average molecular weight is 258 g/mol. The second-order valence-corrected chi connectivity index (χ2v) is 4.67. The standard InChI is InChI=1S/C14H18N4O/c1-18(2)9-8-16-14(19)12-7-6-10-4-3-5-11(15)13(10)17-12/h3-7H,8-9,15H2,1-2H3,(H,16,19). The van der Waals surface area contributed by atoms with E-state index in [0.29, 0.717) is 23.4 Å². The van der Waals surface area contributed by atoms with E-state index in [9.17, 15) is 4.79 Å². The Balaban J connectivity index is 2.16. The van der Waals surface area contributed by atoms with Crippen LogP contribution < -0.4 is 11.1 Å². The number of amides is 1. The Labute approximate surface area is 112 Å². The molecule has 1 heterocycles. The van der Waals surface area contributed by atoms with Crippen molar-refractivity contribution in [3.05, 3.63) is 36.0 Å². The third-order valence-corrected chi connectivity index (χ3v) is 2.83. The molecule has 5 nitrogen and oxygen atoms in total. The van der Waals surface area contributed by atoms with Crippen LogP contribution in [-0.4, -0.2) is 43.0 Å². The zero-order valence-electron chi connectivity index (χ0n) is 11.2. The van der Waals surface area contributed by atoms with E-state index in [0.717, 1.165) is 11.9 Å². The maximum Gasteiger partial charge on any atom is 0.269 e. The molecule has 0 saturated heterocycles. The van der Waals surface area contributed by atoms with Crippen LogP contribution in [-0.2, 0) is 0 Å². The summed E-state index contributed by atoms with van der Waals surface area (Å²) >= 11 is 0. The number of carbonyl (C=O) groups excluding carboxylic acids is 1. The molecule has 0 aliphatic rings. The molecule has 19 heavy (non-hydrogen) atoms. The van der Waals surface area contributed by atoms with Crippen LogP contribution in [0, 0.1) is 0 Å². The van der Waals surface area contributed by atoms with Gasteiger partial charge in [0, 0.05) is 18.5 Å². The van der Waals surface area contributed by atoms with Crippen LogP contribution >= 0.6 is 0 Å². The summed E-state index contributed by atoms with van der Waals surface area (Å²) < 4.78 is 0. The van der Waals surface area contributed by atoms with Crippen molar-refractivity contribution in [2.45, 2.75) is 0 Å². The minimum atomic E-state index is -0.174. The van der Waals surface area contributed by atoms with Gasteiger partial charge in [-0.2, -0.15) is 0 Å². The van der Waals surface area contributed by atoms with Gasteiger partial charge in [-0.3, -0.25) is 4.79 Å². The first-order chi connectivity index (χ1) is 9.08. The molecular formula is C14H18N4O. The van der Waals surface area contributed by atoms with Gasteiger partial charge in [-0.15, -0.1) is 0 Å². The highest BCUT2D eigenvalue weighted by Crippen LogP contribution is 2.18. The maximum absolute atomic E-state index is 11.9. The van der Waals surface area contributed by atoms with Crippen LogP contribution in [0.15, 0.2) is 30.3 Å². The summed E-state index contributed by atoms with van der Waals surface area (Å²) in [6, 6.07) is 9.15. The minimum Gasteiger partial charge on any atom is -0.397 e. The van der Waals surface area contributed by atoms with E-state index in [1.807, 2.05) is 37.2 Å². The Morgan fingerprint density at radius 2 is 2.11 bits per heavy atom. The molecule has 0 saturated carbocycles. The summed E-state index contributed by atoms with van der Waals surface area (Å²) in [5, 5.41) is 3.77. The van der Waals surface area contributed by atoms with Crippen molar-refractivity contribution in [2.24, 2.45) is 0 Å². The molecule has 0 aliphatic heterocycles. The van der Waals surface area contributed by atoms with Gasteiger partial charge in [0.1, 0.15) is 5.69 Å². The number of nitrogens with zero attached hydrogens (tertiary/aromatic N) is 2. The van der Waals surface area contributed by atoms with E-state index in [1.54, 1.807) is 12.1 Å². The van der Waals surface area contributed by atoms with Crippen molar-refractivity contribution in [1.82, 2.24) is 15.2 Å². The molecule has 0 unspecified atom stereocenters. The number of nitrogens with two attached hydrogens (primary N) is 1. The second kappa shape index (κ2) is 5.67. The van der Waals surface area contributed by atoms with Gasteiger partial charge in [0.25, 0.3) is 5.91 Å². The number of pyridine rings is 1. The molecule has 1 amide bonds. The topological polar surface area (TPSA) is 71.2 Å². The van der Waals surface area contributed by atoms with Crippen molar-refractivity contribution < 1.29 is 4.79 Å². The Hall–Kier alpha value is -2.14. The molecule has 2 rings (SSSR count). The number of para-hydroxylation sites is 1. The van der Waals surface area contributed by atoms with Crippen LogP contribution in [0.5, 0.6) is 0 Å². The lowest BCUT2D eigenvalue weighted by atomic mass is 10.1. The molecule has 3 N–H and O–H groups in total. The molecule has 0 spiro atoms. The lowest BCUT2D eigenvalue weighted by molar-refractivity contribution is 0.0946. The predicted molar refractivity (Wildman–Crippen MR) is 77.0 cm³/mol. The molecule has 0 aliphatic carbocycles. The molecular weight excluding hydrogens is 240 g/mol. The van der Waals surface area contributed by atoms with E-state index in [-0.39, 0.29) is 5.91 Å². The number of aromatic nitrogens is 1. The van der Waals surface area contributed by atoms with E-state index >= 15 is 0 Å². The number of hydrogen-bond donors (Lipinski definition) is 2. The number of hydrogen-bond acceptors (Lipinski definition) is 4. The smallest absolute Gasteiger partial charge is 0.269 e. The fourth-order valence-corrected chi connectivity index (χ4v) is 1.78. The highest BCUT2D eigenvalue weighted by atomic mass is 16.1. The summed E-state index contributed by atoms with van der Waals surface area (Å²) in [7, 11) is 3.92. The van der Waals surface area contributed by atoms with Gasteiger partial charge in [0.2, 0.25) is 0 Å². The number of benzene rings is 1. The molecule has 5 heteroatoms. The van der Waals surface area contributed by atoms with E-state index in [1.165, 1.54) is 0 Å². The largest absolute Gasteiger partial charge is 0.397 e. The molecule has 2 aromatic rings.